The third-order valence-corrected chi connectivity index (χ3v) is 4.80. The average molecular weight is 376 g/mol. The molecule has 2 amide bonds. The lowest BCUT2D eigenvalue weighted by atomic mass is 10.0. The van der Waals surface area contributed by atoms with E-state index in [0.29, 0.717) is 23.7 Å². The number of benzene rings is 1. The molecule has 2 aromatic rings. The van der Waals surface area contributed by atoms with Crippen LogP contribution < -0.4 is 10.2 Å². The van der Waals surface area contributed by atoms with Crippen LogP contribution in [0.4, 0.5) is 11.4 Å². The zero-order chi connectivity index (χ0) is 18.7. The lowest BCUT2D eigenvalue weighted by Gasteiger charge is -2.34. The van der Waals surface area contributed by atoms with Gasteiger partial charge in [0.05, 0.1) is 17.0 Å². The van der Waals surface area contributed by atoms with Gasteiger partial charge in [0.1, 0.15) is 6.04 Å². The number of nitrogens with one attached hydrogen (secondary N) is 1. The maximum atomic E-state index is 12.8. The number of likely N-dealkylation sites (tertiary alicyclic amines) is 1. The van der Waals surface area contributed by atoms with Crippen molar-refractivity contribution in [1.82, 2.24) is 4.90 Å². The second-order valence-corrected chi connectivity index (χ2v) is 6.94. The van der Waals surface area contributed by atoms with Crippen LogP contribution in [0.5, 0.6) is 0 Å². The van der Waals surface area contributed by atoms with E-state index >= 15 is 0 Å². The fourth-order valence-electron chi connectivity index (χ4n) is 3.16. The van der Waals surface area contributed by atoms with E-state index in [9.17, 15) is 9.59 Å². The quantitative estimate of drug-likeness (QED) is 0.886. The molecule has 1 aliphatic heterocycles. The minimum absolute atomic E-state index is 0.210. The Morgan fingerprint density at radius 1 is 1.27 bits per heavy atom. The summed E-state index contributed by atoms with van der Waals surface area (Å²) in [4.78, 5) is 28.9. The molecule has 6 nitrogen and oxygen atoms in total. The van der Waals surface area contributed by atoms with Crippen LogP contribution in [-0.4, -0.2) is 43.4 Å². The van der Waals surface area contributed by atoms with Gasteiger partial charge in [-0.05, 0) is 49.6 Å². The second-order valence-electron chi connectivity index (χ2n) is 6.54. The SMILES string of the molecule is CN(C)c1ccc(NC(=O)C2CCCCN2C(=O)c2ccco2)cc1Cl. The zero-order valence-corrected chi connectivity index (χ0v) is 15.6. The van der Waals surface area contributed by atoms with Crippen molar-refractivity contribution in [2.24, 2.45) is 0 Å². The number of carbonyl (C=O) groups excluding carboxylic acids is 2. The Kier molecular flexibility index (Phi) is 5.52. The Morgan fingerprint density at radius 2 is 2.08 bits per heavy atom. The first-order valence-corrected chi connectivity index (χ1v) is 8.97. The number of amides is 2. The maximum Gasteiger partial charge on any atom is 0.290 e. The van der Waals surface area contributed by atoms with Gasteiger partial charge >= 0.3 is 0 Å². The van der Waals surface area contributed by atoms with Crippen molar-refractivity contribution in [2.75, 3.05) is 30.9 Å². The summed E-state index contributed by atoms with van der Waals surface area (Å²) in [5, 5.41) is 3.44. The van der Waals surface area contributed by atoms with E-state index in [2.05, 4.69) is 5.32 Å². The molecule has 1 N–H and O–H groups in total. The minimum Gasteiger partial charge on any atom is -0.459 e. The number of hydrogen-bond donors (Lipinski definition) is 1. The Bertz CT molecular complexity index is 789. The Morgan fingerprint density at radius 3 is 2.73 bits per heavy atom. The van der Waals surface area contributed by atoms with Gasteiger partial charge in [-0.3, -0.25) is 9.59 Å². The molecule has 138 valence electrons. The summed E-state index contributed by atoms with van der Waals surface area (Å²) in [7, 11) is 3.80. The van der Waals surface area contributed by atoms with Gasteiger partial charge in [-0.25, -0.2) is 0 Å². The van der Waals surface area contributed by atoms with Gasteiger partial charge in [-0.1, -0.05) is 11.6 Å². The number of hydrogen-bond acceptors (Lipinski definition) is 4. The first-order chi connectivity index (χ1) is 12.5. The normalized spacial score (nSPS) is 17.0. The van der Waals surface area contributed by atoms with Gasteiger partial charge in [-0.2, -0.15) is 0 Å². The third-order valence-electron chi connectivity index (χ3n) is 4.50. The van der Waals surface area contributed by atoms with Crippen LogP contribution in [0.2, 0.25) is 5.02 Å². The molecule has 1 aromatic carbocycles. The lowest BCUT2D eigenvalue weighted by molar-refractivity contribution is -0.121. The third kappa shape index (κ3) is 3.85. The molecule has 7 heteroatoms. The molecule has 1 aliphatic rings. The number of furan rings is 1. The van der Waals surface area contributed by atoms with Crippen molar-refractivity contribution in [1.29, 1.82) is 0 Å². The predicted molar refractivity (Wildman–Crippen MR) is 102 cm³/mol. The topological polar surface area (TPSA) is 65.8 Å². The maximum absolute atomic E-state index is 12.8. The van der Waals surface area contributed by atoms with E-state index in [-0.39, 0.29) is 17.6 Å². The van der Waals surface area contributed by atoms with Crippen LogP contribution in [0, 0.1) is 0 Å². The van der Waals surface area contributed by atoms with Crippen LogP contribution in [0.1, 0.15) is 29.8 Å². The van der Waals surface area contributed by atoms with E-state index in [1.54, 1.807) is 29.2 Å². The molecule has 0 aliphatic carbocycles. The van der Waals surface area contributed by atoms with Gasteiger partial charge in [0.15, 0.2) is 5.76 Å². The van der Waals surface area contributed by atoms with Gasteiger partial charge in [-0.15, -0.1) is 0 Å². The Hall–Kier alpha value is -2.47. The van der Waals surface area contributed by atoms with Crippen molar-refractivity contribution in [3.8, 4) is 0 Å². The molecule has 0 spiro atoms. The Labute approximate surface area is 157 Å². The first kappa shape index (κ1) is 18.3. The molecule has 0 radical (unpaired) electrons. The predicted octanol–water partition coefficient (Wildman–Crippen LogP) is 3.63. The van der Waals surface area contributed by atoms with Gasteiger partial charge < -0.3 is 19.5 Å². The summed E-state index contributed by atoms with van der Waals surface area (Å²) in [6.07, 6.45) is 3.86. The van der Waals surface area contributed by atoms with Crippen molar-refractivity contribution in [2.45, 2.75) is 25.3 Å². The zero-order valence-electron chi connectivity index (χ0n) is 14.9. The first-order valence-electron chi connectivity index (χ1n) is 8.59. The summed E-state index contributed by atoms with van der Waals surface area (Å²) in [6.45, 7) is 0.540. The summed E-state index contributed by atoms with van der Waals surface area (Å²) in [6, 6.07) is 8.14. The molecule has 0 saturated carbocycles. The van der Waals surface area contributed by atoms with Crippen molar-refractivity contribution in [3.05, 3.63) is 47.4 Å². The van der Waals surface area contributed by atoms with Gasteiger partial charge in [0, 0.05) is 26.3 Å². The highest BCUT2D eigenvalue weighted by Crippen LogP contribution is 2.28. The van der Waals surface area contributed by atoms with E-state index in [0.717, 1.165) is 18.5 Å². The second kappa shape index (κ2) is 7.83. The highest BCUT2D eigenvalue weighted by molar-refractivity contribution is 6.33. The van der Waals surface area contributed by atoms with Crippen LogP contribution in [0.15, 0.2) is 41.0 Å². The van der Waals surface area contributed by atoms with E-state index in [4.69, 9.17) is 16.0 Å². The van der Waals surface area contributed by atoms with E-state index in [1.807, 2.05) is 25.1 Å². The lowest BCUT2D eigenvalue weighted by Crippen LogP contribution is -2.49. The van der Waals surface area contributed by atoms with Crippen molar-refractivity contribution < 1.29 is 14.0 Å². The van der Waals surface area contributed by atoms with Crippen LogP contribution in [0.3, 0.4) is 0 Å². The number of rotatable bonds is 4. The largest absolute Gasteiger partial charge is 0.459 e. The smallest absolute Gasteiger partial charge is 0.290 e. The number of anilines is 2. The van der Waals surface area contributed by atoms with E-state index in [1.165, 1.54) is 6.26 Å². The summed E-state index contributed by atoms with van der Waals surface area (Å²) < 4.78 is 5.20. The molecular formula is C19H22ClN3O3. The number of carbonyl (C=O) groups is 2. The van der Waals surface area contributed by atoms with Gasteiger partial charge in [0.25, 0.3) is 5.91 Å². The molecule has 0 bridgehead atoms. The summed E-state index contributed by atoms with van der Waals surface area (Å²) in [5.74, 6) is -0.211. The van der Waals surface area contributed by atoms with E-state index < -0.39 is 6.04 Å². The molecule has 1 atom stereocenters. The highest BCUT2D eigenvalue weighted by atomic mass is 35.5. The number of piperidine rings is 1. The molecule has 1 aromatic heterocycles. The fraction of sp³-hybridized carbons (Fsp3) is 0.368. The molecular weight excluding hydrogens is 354 g/mol. The fourth-order valence-corrected chi connectivity index (χ4v) is 3.51. The summed E-state index contributed by atoms with van der Waals surface area (Å²) >= 11 is 6.27. The monoisotopic (exact) mass is 375 g/mol. The molecule has 1 saturated heterocycles. The minimum atomic E-state index is -0.520. The van der Waals surface area contributed by atoms with Crippen molar-refractivity contribution in [3.63, 3.8) is 0 Å². The Balaban J connectivity index is 1.75. The molecule has 1 fully saturated rings. The van der Waals surface area contributed by atoms with Crippen LogP contribution >= 0.6 is 11.6 Å². The molecule has 3 rings (SSSR count). The molecule has 2 heterocycles. The van der Waals surface area contributed by atoms with Gasteiger partial charge in [0.2, 0.25) is 5.91 Å². The standard InChI is InChI=1S/C19H22ClN3O3/c1-22(2)15-9-8-13(12-14(15)20)21-18(24)16-6-3-4-10-23(16)19(25)17-7-5-11-26-17/h5,7-9,11-12,16H,3-4,6,10H2,1-2H3,(H,21,24). The van der Waals surface area contributed by atoms with Crippen molar-refractivity contribution >= 4 is 34.8 Å². The van der Waals surface area contributed by atoms with Crippen LogP contribution in [0.25, 0.3) is 0 Å². The van der Waals surface area contributed by atoms with Crippen LogP contribution in [-0.2, 0) is 4.79 Å². The summed E-state index contributed by atoms with van der Waals surface area (Å²) in [5.41, 5.74) is 1.48. The number of halogens is 1. The molecule has 1 unspecified atom stereocenters. The number of nitrogens with zero attached hydrogens (tertiary/aromatic N) is 2. The average Bonchev–Trinajstić information content (AvgIpc) is 3.15. The molecule has 26 heavy (non-hydrogen) atoms. The highest BCUT2D eigenvalue weighted by Gasteiger charge is 2.33.